The molecule has 20 rings (SSSR count). The minimum absolute atomic E-state index is 0.782. The summed E-state index contributed by atoms with van der Waals surface area (Å²) in [6.07, 6.45) is 0. The summed E-state index contributed by atoms with van der Waals surface area (Å²) in [4.78, 5) is 2.41. The number of aromatic nitrogens is 5. The van der Waals surface area contributed by atoms with E-state index in [1.54, 1.807) is 0 Å². The molecule has 15 aromatic carbocycles. The fourth-order valence-electron chi connectivity index (χ4n) is 15.0. The Morgan fingerprint density at radius 3 is 0.612 bits per heavy atom. The van der Waals surface area contributed by atoms with Crippen LogP contribution in [0.2, 0.25) is 0 Å². The highest BCUT2D eigenvalue weighted by atomic mass is 79.9. The summed E-state index contributed by atoms with van der Waals surface area (Å²) in [6, 6.07) is 130. The van der Waals surface area contributed by atoms with Gasteiger partial charge in [0.15, 0.2) is 0 Å². The number of fused-ring (bicyclic) bond motifs is 15. The van der Waals surface area contributed by atoms with Crippen LogP contribution in [0.15, 0.2) is 368 Å². The SMILES string of the molecule is Brc1cccc(-n2c3ccccc3c3ccccc32)c1.Nc1cccc(-n2c3ccccc3c3ccccc32)c1.c1cc(N(c2cccc(-n3c4ccccc4c4ccccc43)c2)c2cccc(-n3c4ccccc4c4ccccc43)c2)cc(-n2c3ccccc3c3ccccc32)c1. The number of nitrogen functional groups attached to an aromatic ring is 1. The molecule has 0 radical (unpaired) electrons. The highest BCUT2D eigenvalue weighted by Gasteiger charge is 2.21. The molecule has 0 saturated carbocycles. The molecule has 464 valence electrons. The quantitative estimate of drug-likeness (QED) is 0.154. The molecule has 0 spiro atoms. The van der Waals surface area contributed by atoms with Crippen LogP contribution < -0.4 is 10.6 Å². The second-order valence-electron chi connectivity index (χ2n) is 24.8. The molecule has 98 heavy (non-hydrogen) atoms. The van der Waals surface area contributed by atoms with Gasteiger partial charge >= 0.3 is 0 Å². The van der Waals surface area contributed by atoms with Gasteiger partial charge in [-0.05, 0) is 152 Å². The van der Waals surface area contributed by atoms with Gasteiger partial charge in [0.1, 0.15) is 0 Å². The maximum absolute atomic E-state index is 5.94. The van der Waals surface area contributed by atoms with E-state index in [1.807, 2.05) is 18.2 Å². The molecule has 0 unspecified atom stereocenters. The maximum atomic E-state index is 5.94. The van der Waals surface area contributed by atoms with Gasteiger partial charge in [-0.2, -0.15) is 0 Å². The van der Waals surface area contributed by atoms with Gasteiger partial charge in [0.25, 0.3) is 0 Å². The third-order valence-electron chi connectivity index (χ3n) is 19.1. The van der Waals surface area contributed by atoms with Gasteiger partial charge in [0.05, 0.1) is 55.2 Å². The second-order valence-corrected chi connectivity index (χ2v) is 25.7. The van der Waals surface area contributed by atoms with E-state index in [1.165, 1.54) is 115 Å². The van der Waals surface area contributed by atoms with Gasteiger partial charge in [-0.15, -0.1) is 0 Å². The van der Waals surface area contributed by atoms with Gasteiger partial charge in [0, 0.05) is 110 Å². The summed E-state index contributed by atoms with van der Waals surface area (Å²) >= 11 is 3.56. The van der Waals surface area contributed by atoms with Crippen LogP contribution >= 0.6 is 15.9 Å². The Labute approximate surface area is 574 Å². The Hall–Kier alpha value is -12.6. The molecule has 0 aliphatic heterocycles. The van der Waals surface area contributed by atoms with E-state index in [-0.39, 0.29) is 0 Å². The van der Waals surface area contributed by atoms with Crippen molar-refractivity contribution in [3.63, 3.8) is 0 Å². The molecule has 20 aromatic rings. The Morgan fingerprint density at radius 1 is 0.194 bits per heavy atom. The Kier molecular flexibility index (Phi) is 14.4. The molecular formula is C90H62BrN7. The molecule has 0 aliphatic carbocycles. The molecular weight excluding hydrogens is 1260 g/mol. The number of nitrogens with zero attached hydrogens (tertiary/aromatic N) is 6. The van der Waals surface area contributed by atoms with Crippen molar-refractivity contribution < 1.29 is 0 Å². The molecule has 0 atom stereocenters. The fraction of sp³-hybridized carbons (Fsp3) is 0. The fourth-order valence-corrected chi connectivity index (χ4v) is 15.4. The first-order valence-corrected chi connectivity index (χ1v) is 33.9. The smallest absolute Gasteiger partial charge is 0.0541 e. The van der Waals surface area contributed by atoms with Gasteiger partial charge in [-0.25, -0.2) is 0 Å². The van der Waals surface area contributed by atoms with E-state index >= 15 is 0 Å². The van der Waals surface area contributed by atoms with Crippen LogP contribution in [0.5, 0.6) is 0 Å². The highest BCUT2D eigenvalue weighted by molar-refractivity contribution is 9.10. The largest absolute Gasteiger partial charge is 0.399 e. The van der Waals surface area contributed by atoms with Crippen LogP contribution in [0, 0.1) is 0 Å². The highest BCUT2D eigenvalue weighted by Crippen LogP contribution is 2.43. The molecule has 0 bridgehead atoms. The molecule has 0 fully saturated rings. The van der Waals surface area contributed by atoms with Crippen LogP contribution in [-0.2, 0) is 0 Å². The normalized spacial score (nSPS) is 11.6. The van der Waals surface area contributed by atoms with E-state index in [9.17, 15) is 0 Å². The maximum Gasteiger partial charge on any atom is 0.0541 e. The van der Waals surface area contributed by atoms with Crippen LogP contribution in [0.25, 0.3) is 137 Å². The Morgan fingerprint density at radius 2 is 0.388 bits per heavy atom. The second kappa shape index (κ2) is 24.3. The van der Waals surface area contributed by atoms with E-state index in [0.29, 0.717) is 0 Å². The van der Waals surface area contributed by atoms with E-state index < -0.39 is 0 Å². The van der Waals surface area contributed by atoms with Crippen LogP contribution in [0.1, 0.15) is 0 Å². The first-order valence-electron chi connectivity index (χ1n) is 33.1. The van der Waals surface area contributed by atoms with Crippen LogP contribution in [-0.4, -0.2) is 22.8 Å². The lowest BCUT2D eigenvalue weighted by Crippen LogP contribution is -2.12. The number of para-hydroxylation sites is 10. The molecule has 2 N–H and O–H groups in total. The number of anilines is 4. The van der Waals surface area contributed by atoms with Gasteiger partial charge in [0.2, 0.25) is 0 Å². The van der Waals surface area contributed by atoms with Crippen molar-refractivity contribution >= 4 is 148 Å². The summed E-state index contributed by atoms with van der Waals surface area (Å²) in [5.74, 6) is 0. The zero-order valence-corrected chi connectivity index (χ0v) is 54.9. The number of hydrogen-bond donors (Lipinski definition) is 1. The van der Waals surface area contributed by atoms with Crippen molar-refractivity contribution in [2.45, 2.75) is 0 Å². The number of benzene rings is 15. The summed E-state index contributed by atoms with van der Waals surface area (Å²) in [5, 5.41) is 12.6. The lowest BCUT2D eigenvalue weighted by molar-refractivity contribution is 1.15. The Balaban J connectivity index is 0.000000140. The third-order valence-corrected chi connectivity index (χ3v) is 19.6. The zero-order chi connectivity index (χ0) is 65.2. The van der Waals surface area contributed by atoms with Crippen molar-refractivity contribution in [2.75, 3.05) is 10.6 Å². The molecule has 5 heterocycles. The van der Waals surface area contributed by atoms with E-state index in [2.05, 4.69) is 389 Å². The van der Waals surface area contributed by atoms with Gasteiger partial charge in [-0.1, -0.05) is 228 Å². The third kappa shape index (κ3) is 9.87. The number of halogens is 1. The summed E-state index contributed by atoms with van der Waals surface area (Å²) < 4.78 is 12.9. The van der Waals surface area contributed by atoms with Gasteiger partial charge < -0.3 is 33.5 Å². The van der Waals surface area contributed by atoms with Crippen molar-refractivity contribution in [1.29, 1.82) is 0 Å². The molecule has 7 nitrogen and oxygen atoms in total. The lowest BCUT2D eigenvalue weighted by Gasteiger charge is -2.27. The standard InChI is InChI=1S/C54H36N4.C18H12BrN.C18H14N2/c1-7-28-49-43(22-1)44-23-2-8-29-50(44)56(49)40-19-13-16-37(34-40)55(38-17-14-20-41(35-38)57-51-30-9-3-24-45(51)46-25-4-10-31-52(46)57)39-18-15-21-42(36-39)58-53-32-11-5-26-47(53)48-27-6-12-33-54(48)58;2*19-13-6-5-7-14(12-13)20-17-10-3-1-8-15(17)16-9-2-4-11-18(16)20/h1-36H;1-12H;1-12H,19H2. The molecule has 8 heteroatoms. The molecule has 0 aliphatic rings. The Bertz CT molecular complexity index is 5660. The average molecular weight is 1320 g/mol. The monoisotopic (exact) mass is 1320 g/mol. The van der Waals surface area contributed by atoms with Crippen molar-refractivity contribution in [1.82, 2.24) is 22.8 Å². The number of hydrogen-bond acceptors (Lipinski definition) is 2. The summed E-state index contributed by atoms with van der Waals surface area (Å²) in [5.41, 5.74) is 27.6. The van der Waals surface area contributed by atoms with Crippen LogP contribution in [0.3, 0.4) is 0 Å². The predicted octanol–water partition coefficient (Wildman–Crippen LogP) is 24.4. The van der Waals surface area contributed by atoms with Gasteiger partial charge in [-0.3, -0.25) is 0 Å². The van der Waals surface area contributed by atoms with Crippen LogP contribution in [0.4, 0.5) is 22.7 Å². The van der Waals surface area contributed by atoms with E-state index in [4.69, 9.17) is 5.73 Å². The molecule has 5 aromatic heterocycles. The summed E-state index contributed by atoms with van der Waals surface area (Å²) in [7, 11) is 0. The van der Waals surface area contributed by atoms with Crippen molar-refractivity contribution in [3.8, 4) is 28.4 Å². The average Bonchev–Trinajstić information content (AvgIpc) is 1.60. The predicted molar refractivity (Wildman–Crippen MR) is 418 cm³/mol. The first-order chi connectivity index (χ1) is 48.5. The van der Waals surface area contributed by atoms with Crippen molar-refractivity contribution in [3.05, 3.63) is 368 Å². The van der Waals surface area contributed by atoms with Crippen molar-refractivity contribution in [2.24, 2.45) is 0 Å². The number of nitrogens with two attached hydrogens (primary N) is 1. The molecule has 0 saturated heterocycles. The first kappa shape index (κ1) is 58.0. The minimum atomic E-state index is 0.782. The molecule has 0 amide bonds. The number of rotatable bonds is 8. The minimum Gasteiger partial charge on any atom is -0.399 e. The van der Waals surface area contributed by atoms with E-state index in [0.717, 1.165) is 50.0 Å². The lowest BCUT2D eigenvalue weighted by atomic mass is 10.1. The zero-order valence-electron chi connectivity index (χ0n) is 53.3. The topological polar surface area (TPSA) is 53.9 Å². The summed E-state index contributed by atoms with van der Waals surface area (Å²) in [6.45, 7) is 0.